The topological polar surface area (TPSA) is 9.23 Å². The Bertz CT molecular complexity index is 358. The molecule has 1 aliphatic heterocycles. The Kier molecular flexibility index (Phi) is 2.28. The van der Waals surface area contributed by atoms with E-state index in [-0.39, 0.29) is 0 Å². The zero-order valence-corrected chi connectivity index (χ0v) is 7.18. The number of benzene rings is 1. The number of rotatable bonds is 1. The molecule has 0 spiro atoms. The molecule has 13 heavy (non-hydrogen) atoms. The maximum absolute atomic E-state index is 5.41. The molecule has 64 valence electrons. The van der Waals surface area contributed by atoms with Crippen LogP contribution in [0.5, 0.6) is 0 Å². The summed E-state index contributed by atoms with van der Waals surface area (Å²) < 4.78 is 5.41. The van der Waals surface area contributed by atoms with E-state index >= 15 is 0 Å². The van der Waals surface area contributed by atoms with Crippen LogP contribution in [-0.2, 0) is 4.74 Å². The minimum absolute atomic E-state index is 0.880. The summed E-state index contributed by atoms with van der Waals surface area (Å²) in [6, 6.07) is 10.0. The lowest BCUT2D eigenvalue weighted by Gasteiger charge is -2.03. The minimum atomic E-state index is 0.880. The third-order valence-electron chi connectivity index (χ3n) is 1.80. The van der Waals surface area contributed by atoms with Gasteiger partial charge < -0.3 is 4.74 Å². The van der Waals surface area contributed by atoms with E-state index in [0.717, 1.165) is 11.3 Å². The van der Waals surface area contributed by atoms with E-state index in [2.05, 4.69) is 0 Å². The van der Waals surface area contributed by atoms with Gasteiger partial charge in [0.15, 0.2) is 0 Å². The molecule has 2 rings (SSSR count). The highest BCUT2D eigenvalue weighted by molar-refractivity contribution is 5.62. The molecule has 1 aliphatic rings. The summed E-state index contributed by atoms with van der Waals surface area (Å²) >= 11 is 0. The molecule has 0 fully saturated rings. The van der Waals surface area contributed by atoms with Crippen LogP contribution >= 0.6 is 0 Å². The van der Waals surface area contributed by atoms with Crippen LogP contribution in [0.1, 0.15) is 5.56 Å². The quantitative estimate of drug-likeness (QED) is 0.629. The first-order valence-corrected chi connectivity index (χ1v) is 4.22. The van der Waals surface area contributed by atoms with E-state index in [1.165, 1.54) is 0 Å². The third kappa shape index (κ3) is 1.88. The molecule has 0 atom stereocenters. The van der Waals surface area contributed by atoms with E-state index in [0.29, 0.717) is 0 Å². The van der Waals surface area contributed by atoms with Crippen molar-refractivity contribution in [1.82, 2.24) is 0 Å². The molecular formula is C12H10O. The van der Waals surface area contributed by atoms with Crippen LogP contribution < -0.4 is 0 Å². The van der Waals surface area contributed by atoms with Crippen LogP contribution in [0.25, 0.3) is 5.76 Å². The van der Waals surface area contributed by atoms with Crippen molar-refractivity contribution < 1.29 is 4.74 Å². The number of allylic oxidation sites excluding steroid dienone is 4. The van der Waals surface area contributed by atoms with Crippen molar-refractivity contribution in [3.05, 3.63) is 66.5 Å². The standard InChI is InChI=1S/C12H10O/c1-3-7-11(8-4-1)12-9-5-2-6-10-13-12/h1-10H. The van der Waals surface area contributed by atoms with Crippen LogP contribution in [0.2, 0.25) is 0 Å². The average Bonchev–Trinajstić information content (AvgIpc) is 2.47. The second-order valence-corrected chi connectivity index (χ2v) is 2.73. The molecule has 0 unspecified atom stereocenters. The van der Waals surface area contributed by atoms with E-state index < -0.39 is 0 Å². The van der Waals surface area contributed by atoms with Gasteiger partial charge >= 0.3 is 0 Å². The Balaban J connectivity index is 2.32. The number of hydrogen-bond acceptors (Lipinski definition) is 1. The van der Waals surface area contributed by atoms with Crippen LogP contribution in [0, 0.1) is 0 Å². The number of ether oxygens (including phenoxy) is 1. The molecule has 0 bridgehead atoms. The third-order valence-corrected chi connectivity index (χ3v) is 1.80. The lowest BCUT2D eigenvalue weighted by atomic mass is 10.2. The van der Waals surface area contributed by atoms with Gasteiger partial charge in [0.25, 0.3) is 0 Å². The van der Waals surface area contributed by atoms with Gasteiger partial charge in [-0.15, -0.1) is 0 Å². The minimum Gasteiger partial charge on any atom is -0.464 e. The predicted octanol–water partition coefficient (Wildman–Crippen LogP) is 3.13. The van der Waals surface area contributed by atoms with Gasteiger partial charge in [0.1, 0.15) is 5.76 Å². The zero-order valence-electron chi connectivity index (χ0n) is 7.18. The van der Waals surface area contributed by atoms with Crippen molar-refractivity contribution in [2.24, 2.45) is 0 Å². The first-order chi connectivity index (χ1) is 6.47. The SMILES string of the molecule is C1=CC=C(c2ccccc2)OC=C1. The fourth-order valence-electron chi connectivity index (χ4n) is 1.17. The first kappa shape index (κ1) is 7.87. The lowest BCUT2D eigenvalue weighted by molar-refractivity contribution is 0.437. The summed E-state index contributed by atoms with van der Waals surface area (Å²) in [5, 5.41) is 0. The summed E-state index contributed by atoms with van der Waals surface area (Å²) in [7, 11) is 0. The summed E-state index contributed by atoms with van der Waals surface area (Å²) in [4.78, 5) is 0. The molecule has 0 aromatic heterocycles. The fourth-order valence-corrected chi connectivity index (χ4v) is 1.17. The van der Waals surface area contributed by atoms with Crippen LogP contribution in [0.15, 0.2) is 60.9 Å². The van der Waals surface area contributed by atoms with Gasteiger partial charge in [-0.2, -0.15) is 0 Å². The monoisotopic (exact) mass is 170 g/mol. The van der Waals surface area contributed by atoms with Gasteiger partial charge in [0.05, 0.1) is 6.26 Å². The van der Waals surface area contributed by atoms with Crippen molar-refractivity contribution >= 4 is 5.76 Å². The van der Waals surface area contributed by atoms with Gasteiger partial charge in [0.2, 0.25) is 0 Å². The zero-order chi connectivity index (χ0) is 8.93. The maximum atomic E-state index is 5.41. The van der Waals surface area contributed by atoms with Gasteiger partial charge in [0, 0.05) is 5.56 Å². The van der Waals surface area contributed by atoms with Crippen molar-refractivity contribution in [1.29, 1.82) is 0 Å². The van der Waals surface area contributed by atoms with Gasteiger partial charge in [-0.1, -0.05) is 42.5 Å². The molecule has 0 radical (unpaired) electrons. The maximum Gasteiger partial charge on any atom is 0.133 e. The average molecular weight is 170 g/mol. The van der Waals surface area contributed by atoms with Crippen molar-refractivity contribution in [2.75, 3.05) is 0 Å². The molecule has 1 aromatic rings. The molecule has 0 amide bonds. The molecular weight excluding hydrogens is 160 g/mol. The molecule has 1 heteroatoms. The highest BCUT2D eigenvalue weighted by atomic mass is 16.5. The lowest BCUT2D eigenvalue weighted by Crippen LogP contribution is -1.84. The Morgan fingerprint density at radius 1 is 0.846 bits per heavy atom. The summed E-state index contributed by atoms with van der Waals surface area (Å²) in [5.41, 5.74) is 1.10. The Hall–Kier alpha value is -1.76. The second-order valence-electron chi connectivity index (χ2n) is 2.73. The van der Waals surface area contributed by atoms with E-state index in [9.17, 15) is 0 Å². The molecule has 0 aliphatic carbocycles. The largest absolute Gasteiger partial charge is 0.464 e. The fraction of sp³-hybridized carbons (Fsp3) is 0. The van der Waals surface area contributed by atoms with Gasteiger partial charge in [-0.05, 0) is 12.2 Å². The first-order valence-electron chi connectivity index (χ1n) is 4.22. The smallest absolute Gasteiger partial charge is 0.133 e. The Morgan fingerprint density at radius 3 is 2.54 bits per heavy atom. The molecule has 0 saturated carbocycles. The Morgan fingerprint density at radius 2 is 1.69 bits per heavy atom. The second kappa shape index (κ2) is 3.76. The van der Waals surface area contributed by atoms with Crippen molar-refractivity contribution in [2.45, 2.75) is 0 Å². The molecule has 1 aromatic carbocycles. The normalized spacial score (nSPS) is 14.6. The molecule has 1 nitrogen and oxygen atoms in total. The van der Waals surface area contributed by atoms with E-state index in [4.69, 9.17) is 4.74 Å². The van der Waals surface area contributed by atoms with Crippen molar-refractivity contribution in [3.8, 4) is 0 Å². The number of hydrogen-bond donors (Lipinski definition) is 0. The molecule has 1 heterocycles. The van der Waals surface area contributed by atoms with Gasteiger partial charge in [-0.3, -0.25) is 0 Å². The molecule has 0 N–H and O–H groups in total. The highest BCUT2D eigenvalue weighted by Gasteiger charge is 1.99. The van der Waals surface area contributed by atoms with Crippen LogP contribution in [0.4, 0.5) is 0 Å². The highest BCUT2D eigenvalue weighted by Crippen LogP contribution is 2.17. The summed E-state index contributed by atoms with van der Waals surface area (Å²) in [6.45, 7) is 0. The predicted molar refractivity (Wildman–Crippen MR) is 53.8 cm³/mol. The molecule has 0 saturated heterocycles. The van der Waals surface area contributed by atoms with E-state index in [1.54, 1.807) is 6.26 Å². The summed E-state index contributed by atoms with van der Waals surface area (Å²) in [6.07, 6.45) is 9.41. The van der Waals surface area contributed by atoms with Crippen LogP contribution in [0.3, 0.4) is 0 Å². The van der Waals surface area contributed by atoms with Gasteiger partial charge in [-0.25, -0.2) is 0 Å². The van der Waals surface area contributed by atoms with E-state index in [1.807, 2.05) is 54.6 Å². The van der Waals surface area contributed by atoms with Crippen LogP contribution in [-0.4, -0.2) is 0 Å². The Labute approximate surface area is 77.7 Å². The van der Waals surface area contributed by atoms with Crippen molar-refractivity contribution in [3.63, 3.8) is 0 Å². The summed E-state index contributed by atoms with van der Waals surface area (Å²) in [5.74, 6) is 0.880.